The molecule has 1 unspecified atom stereocenters. The molecule has 126 valence electrons. The summed E-state index contributed by atoms with van der Waals surface area (Å²) in [5.41, 5.74) is 3.78. The van der Waals surface area contributed by atoms with Crippen LogP contribution < -0.4 is 0 Å². The number of hydrogen-bond donors (Lipinski definition) is 0. The van der Waals surface area contributed by atoms with E-state index < -0.39 is 0 Å². The van der Waals surface area contributed by atoms with Crippen molar-refractivity contribution in [1.29, 1.82) is 0 Å². The summed E-state index contributed by atoms with van der Waals surface area (Å²) in [6, 6.07) is 13.0. The third-order valence-corrected chi connectivity index (χ3v) is 5.50. The average molecular weight is 398 g/mol. The van der Waals surface area contributed by atoms with E-state index in [1.807, 2.05) is 18.2 Å². The van der Waals surface area contributed by atoms with E-state index in [0.29, 0.717) is 5.69 Å². The summed E-state index contributed by atoms with van der Waals surface area (Å²) in [4.78, 5) is 4.97. The molecular formula is C20H17BrFN3. The third kappa shape index (κ3) is 2.67. The third-order valence-electron chi connectivity index (χ3n) is 5.01. The van der Waals surface area contributed by atoms with E-state index in [1.165, 1.54) is 11.6 Å². The standard InChI is InChI=1S/C20H17BrFN3/c1-11-15-10-13(21)7-8-14(15)19(23-20(11,2)3)17-9-12-5-4-6-16(22)18(12)25-24-17/h4-11H,1-3H3. The van der Waals surface area contributed by atoms with Gasteiger partial charge in [0.25, 0.3) is 0 Å². The summed E-state index contributed by atoms with van der Waals surface area (Å²) in [6.07, 6.45) is 0. The van der Waals surface area contributed by atoms with Crippen molar-refractivity contribution in [1.82, 2.24) is 10.2 Å². The summed E-state index contributed by atoms with van der Waals surface area (Å²) in [5.74, 6) is -0.0879. The number of fused-ring (bicyclic) bond motifs is 2. The zero-order chi connectivity index (χ0) is 17.8. The second-order valence-corrected chi connectivity index (χ2v) is 7.89. The minimum Gasteiger partial charge on any atom is -0.276 e. The van der Waals surface area contributed by atoms with Crippen molar-refractivity contribution >= 4 is 32.5 Å². The van der Waals surface area contributed by atoms with Crippen LogP contribution in [0.2, 0.25) is 0 Å². The van der Waals surface area contributed by atoms with Gasteiger partial charge in [0, 0.05) is 21.3 Å². The minimum absolute atomic E-state index is 0.262. The Labute approximate surface area is 154 Å². The highest BCUT2D eigenvalue weighted by molar-refractivity contribution is 9.10. The Bertz CT molecular complexity index is 1030. The SMILES string of the molecule is CC1c2cc(Br)ccc2C(c2cc3cccc(F)c3nn2)=NC1(C)C. The maximum Gasteiger partial charge on any atom is 0.151 e. The first-order valence-corrected chi connectivity index (χ1v) is 8.98. The molecule has 3 nitrogen and oxygen atoms in total. The topological polar surface area (TPSA) is 38.1 Å². The first kappa shape index (κ1) is 16.3. The van der Waals surface area contributed by atoms with Gasteiger partial charge in [0.2, 0.25) is 0 Å². The molecule has 0 spiro atoms. The molecular weight excluding hydrogens is 381 g/mol. The first-order valence-electron chi connectivity index (χ1n) is 8.19. The Hall–Kier alpha value is -2.14. The molecule has 0 radical (unpaired) electrons. The van der Waals surface area contributed by atoms with Gasteiger partial charge in [-0.3, -0.25) is 4.99 Å². The lowest BCUT2D eigenvalue weighted by Gasteiger charge is -2.35. The number of halogens is 2. The van der Waals surface area contributed by atoms with Crippen LogP contribution in [0.3, 0.4) is 0 Å². The van der Waals surface area contributed by atoms with Gasteiger partial charge in [-0.15, -0.1) is 10.2 Å². The second-order valence-electron chi connectivity index (χ2n) is 6.97. The van der Waals surface area contributed by atoms with Crippen LogP contribution in [0.15, 0.2) is 51.9 Å². The van der Waals surface area contributed by atoms with E-state index in [4.69, 9.17) is 4.99 Å². The highest BCUT2D eigenvalue weighted by atomic mass is 79.9. The van der Waals surface area contributed by atoms with Gasteiger partial charge in [0.15, 0.2) is 5.82 Å². The Balaban J connectivity index is 1.95. The maximum atomic E-state index is 13.9. The first-order chi connectivity index (χ1) is 11.9. The normalized spacial score (nSPS) is 18.8. The largest absolute Gasteiger partial charge is 0.276 e. The predicted octanol–water partition coefficient (Wildman–Crippen LogP) is 5.26. The molecule has 5 heteroatoms. The maximum absolute atomic E-state index is 13.9. The predicted molar refractivity (Wildman–Crippen MR) is 102 cm³/mol. The number of hydrogen-bond acceptors (Lipinski definition) is 3. The van der Waals surface area contributed by atoms with Crippen LogP contribution in [0.4, 0.5) is 4.39 Å². The Morgan fingerprint density at radius 2 is 1.88 bits per heavy atom. The average Bonchev–Trinajstić information content (AvgIpc) is 2.58. The fourth-order valence-corrected chi connectivity index (χ4v) is 3.66. The Kier molecular flexibility index (Phi) is 3.72. The highest BCUT2D eigenvalue weighted by Crippen LogP contribution is 2.39. The molecule has 1 atom stereocenters. The van der Waals surface area contributed by atoms with E-state index in [1.54, 1.807) is 6.07 Å². The van der Waals surface area contributed by atoms with Crippen molar-refractivity contribution in [3.05, 3.63) is 69.6 Å². The van der Waals surface area contributed by atoms with Gasteiger partial charge in [-0.05, 0) is 43.7 Å². The summed E-state index contributed by atoms with van der Waals surface area (Å²) in [7, 11) is 0. The van der Waals surface area contributed by atoms with Gasteiger partial charge in [-0.25, -0.2) is 4.39 Å². The van der Waals surface area contributed by atoms with Crippen LogP contribution in [0.5, 0.6) is 0 Å². The number of rotatable bonds is 1. The molecule has 0 saturated carbocycles. The fourth-order valence-electron chi connectivity index (χ4n) is 3.28. The van der Waals surface area contributed by atoms with Crippen molar-refractivity contribution in [2.75, 3.05) is 0 Å². The van der Waals surface area contributed by atoms with E-state index in [9.17, 15) is 4.39 Å². The molecule has 0 saturated heterocycles. The molecule has 1 aliphatic heterocycles. The number of aliphatic imine (C=N–C) groups is 1. The van der Waals surface area contributed by atoms with Crippen molar-refractivity contribution in [3.8, 4) is 0 Å². The second kappa shape index (κ2) is 5.70. The van der Waals surface area contributed by atoms with Crippen molar-refractivity contribution in [2.24, 2.45) is 4.99 Å². The van der Waals surface area contributed by atoms with Crippen molar-refractivity contribution in [2.45, 2.75) is 32.2 Å². The van der Waals surface area contributed by atoms with Gasteiger partial charge >= 0.3 is 0 Å². The molecule has 1 aromatic heterocycles. The molecule has 1 aliphatic rings. The lowest BCUT2D eigenvalue weighted by atomic mass is 9.77. The van der Waals surface area contributed by atoms with E-state index in [-0.39, 0.29) is 22.8 Å². The number of benzene rings is 2. The zero-order valence-electron chi connectivity index (χ0n) is 14.2. The van der Waals surface area contributed by atoms with Gasteiger partial charge in [0.05, 0.1) is 11.3 Å². The van der Waals surface area contributed by atoms with Crippen molar-refractivity contribution in [3.63, 3.8) is 0 Å². The summed E-state index contributed by atoms with van der Waals surface area (Å²) in [6.45, 7) is 6.43. The molecule has 2 aromatic carbocycles. The fraction of sp³-hybridized carbons (Fsp3) is 0.250. The molecule has 0 aliphatic carbocycles. The zero-order valence-corrected chi connectivity index (χ0v) is 15.8. The summed E-state index contributed by atoms with van der Waals surface area (Å²) < 4.78 is 14.9. The molecule has 25 heavy (non-hydrogen) atoms. The Morgan fingerprint density at radius 1 is 1.08 bits per heavy atom. The molecule has 3 aromatic rings. The molecule has 0 bridgehead atoms. The van der Waals surface area contributed by atoms with Gasteiger partial charge in [0.1, 0.15) is 11.2 Å². The van der Waals surface area contributed by atoms with E-state index in [0.717, 1.165) is 21.1 Å². The quantitative estimate of drug-likeness (QED) is 0.561. The highest BCUT2D eigenvalue weighted by Gasteiger charge is 2.35. The lowest BCUT2D eigenvalue weighted by Crippen LogP contribution is -2.33. The Morgan fingerprint density at radius 3 is 2.68 bits per heavy atom. The minimum atomic E-state index is -0.361. The van der Waals surface area contributed by atoms with Crippen LogP contribution in [0.25, 0.3) is 10.9 Å². The van der Waals surface area contributed by atoms with Crippen molar-refractivity contribution < 1.29 is 4.39 Å². The van der Waals surface area contributed by atoms with E-state index in [2.05, 4.69) is 59.0 Å². The molecule has 0 fully saturated rings. The van der Waals surface area contributed by atoms with Crippen LogP contribution in [-0.2, 0) is 0 Å². The van der Waals surface area contributed by atoms with E-state index >= 15 is 0 Å². The van der Waals surface area contributed by atoms with Gasteiger partial charge < -0.3 is 0 Å². The monoisotopic (exact) mass is 397 g/mol. The smallest absolute Gasteiger partial charge is 0.151 e. The number of nitrogens with zero attached hydrogens (tertiary/aromatic N) is 3. The van der Waals surface area contributed by atoms with Gasteiger partial charge in [-0.1, -0.05) is 41.1 Å². The lowest BCUT2D eigenvalue weighted by molar-refractivity contribution is 0.432. The molecule has 4 rings (SSSR count). The molecule has 2 heterocycles. The summed E-state index contributed by atoms with van der Waals surface area (Å²) >= 11 is 3.56. The van der Waals surface area contributed by atoms with Crippen LogP contribution in [-0.4, -0.2) is 21.4 Å². The van der Waals surface area contributed by atoms with Crippen LogP contribution >= 0.6 is 15.9 Å². The molecule has 0 N–H and O–H groups in total. The van der Waals surface area contributed by atoms with Crippen LogP contribution in [0, 0.1) is 5.82 Å². The number of aromatic nitrogens is 2. The van der Waals surface area contributed by atoms with Gasteiger partial charge in [-0.2, -0.15) is 0 Å². The summed E-state index contributed by atoms with van der Waals surface area (Å²) in [5, 5.41) is 9.09. The molecule has 0 amide bonds. The van der Waals surface area contributed by atoms with Crippen LogP contribution in [0.1, 0.15) is 43.5 Å².